The second-order valence-electron chi connectivity index (χ2n) is 6.97. The Hall–Kier alpha value is -2.89. The lowest BCUT2D eigenvalue weighted by Crippen LogP contribution is -2.42. The summed E-state index contributed by atoms with van der Waals surface area (Å²) < 4.78 is 33.3. The molecular formula is C21H23N3O4S. The maximum Gasteiger partial charge on any atom is 0.255 e. The van der Waals surface area contributed by atoms with Gasteiger partial charge in [0.1, 0.15) is 10.6 Å². The minimum Gasteiger partial charge on any atom is -0.495 e. The number of methoxy groups -OCH3 is 1. The predicted molar refractivity (Wildman–Crippen MR) is 109 cm³/mol. The van der Waals surface area contributed by atoms with Gasteiger partial charge in [-0.15, -0.1) is 0 Å². The molecule has 0 radical (unpaired) electrons. The number of carbonyl (C=O) groups is 1. The average Bonchev–Trinajstić information content (AvgIpc) is 2.73. The molecule has 0 aromatic heterocycles. The minimum atomic E-state index is -3.81. The van der Waals surface area contributed by atoms with Crippen LogP contribution in [0.25, 0.3) is 0 Å². The van der Waals surface area contributed by atoms with E-state index in [1.807, 2.05) is 13.0 Å². The Kier molecular flexibility index (Phi) is 6.20. The van der Waals surface area contributed by atoms with Crippen molar-refractivity contribution in [3.05, 3.63) is 53.6 Å². The third kappa shape index (κ3) is 4.42. The average molecular weight is 413 g/mol. The van der Waals surface area contributed by atoms with Crippen LogP contribution in [-0.4, -0.2) is 38.3 Å². The number of nitrogens with one attached hydrogen (secondary N) is 1. The fraction of sp³-hybridized carbons (Fsp3) is 0.333. The van der Waals surface area contributed by atoms with Gasteiger partial charge in [-0.3, -0.25) is 4.79 Å². The summed E-state index contributed by atoms with van der Waals surface area (Å²) in [4.78, 5) is 12.7. The molecule has 152 valence electrons. The maximum atomic E-state index is 13.3. The van der Waals surface area contributed by atoms with Gasteiger partial charge >= 0.3 is 0 Å². The number of piperidine rings is 1. The topological polar surface area (TPSA) is 99.5 Å². The highest BCUT2D eigenvalue weighted by atomic mass is 32.2. The zero-order chi connectivity index (χ0) is 21.0. The Morgan fingerprint density at radius 3 is 2.72 bits per heavy atom. The summed E-state index contributed by atoms with van der Waals surface area (Å²) in [7, 11) is -2.40. The molecule has 0 saturated carbocycles. The molecule has 7 nitrogen and oxygen atoms in total. The molecule has 2 aromatic rings. The molecule has 1 N–H and O–H groups in total. The quantitative estimate of drug-likeness (QED) is 0.810. The first-order chi connectivity index (χ1) is 13.9. The standard InChI is InChI=1S/C21H23N3O4S/c1-15-6-3-4-11-24(15)29(26,27)20-13-17(9-10-19(20)28-2)21(25)23-18-8-5-7-16(12-18)14-22/h5,7-10,12-13,15H,3-4,6,11H2,1-2H3,(H,23,25)/t15-/m1/s1. The first-order valence-electron chi connectivity index (χ1n) is 9.38. The van der Waals surface area contributed by atoms with E-state index in [9.17, 15) is 13.2 Å². The van der Waals surface area contributed by atoms with Gasteiger partial charge in [0.2, 0.25) is 10.0 Å². The van der Waals surface area contributed by atoms with Gasteiger partial charge in [-0.2, -0.15) is 9.57 Å². The van der Waals surface area contributed by atoms with Gasteiger partial charge < -0.3 is 10.1 Å². The van der Waals surface area contributed by atoms with Crippen molar-refractivity contribution < 1.29 is 17.9 Å². The van der Waals surface area contributed by atoms with Gasteiger partial charge in [0.15, 0.2) is 0 Å². The first-order valence-corrected chi connectivity index (χ1v) is 10.8. The van der Waals surface area contributed by atoms with Crippen LogP contribution in [-0.2, 0) is 10.0 Å². The van der Waals surface area contributed by atoms with Crippen molar-refractivity contribution in [3.63, 3.8) is 0 Å². The van der Waals surface area contributed by atoms with Crippen LogP contribution in [0.2, 0.25) is 0 Å². The van der Waals surface area contributed by atoms with E-state index in [0.29, 0.717) is 17.8 Å². The minimum absolute atomic E-state index is 0.0211. The van der Waals surface area contributed by atoms with E-state index < -0.39 is 15.9 Å². The summed E-state index contributed by atoms with van der Waals surface area (Å²) >= 11 is 0. The van der Waals surface area contributed by atoms with Gasteiger partial charge in [-0.05, 0) is 56.2 Å². The van der Waals surface area contributed by atoms with Gasteiger partial charge in [-0.1, -0.05) is 12.5 Å². The molecule has 1 fully saturated rings. The predicted octanol–water partition coefficient (Wildman–Crippen LogP) is 3.38. The van der Waals surface area contributed by atoms with Gasteiger partial charge in [0.25, 0.3) is 5.91 Å². The highest BCUT2D eigenvalue weighted by Crippen LogP contribution is 2.32. The van der Waals surface area contributed by atoms with Gasteiger partial charge in [-0.25, -0.2) is 8.42 Å². The summed E-state index contributed by atoms with van der Waals surface area (Å²) in [6.07, 6.45) is 2.60. The fourth-order valence-electron chi connectivity index (χ4n) is 3.44. The largest absolute Gasteiger partial charge is 0.495 e. The van der Waals surface area contributed by atoms with Crippen LogP contribution in [0.1, 0.15) is 42.1 Å². The number of amides is 1. The van der Waals surface area contributed by atoms with Crippen LogP contribution in [0.5, 0.6) is 5.75 Å². The molecule has 1 atom stereocenters. The van der Waals surface area contributed by atoms with Crippen LogP contribution < -0.4 is 10.1 Å². The van der Waals surface area contributed by atoms with Crippen molar-refractivity contribution >= 4 is 21.6 Å². The Morgan fingerprint density at radius 1 is 1.24 bits per heavy atom. The summed E-state index contributed by atoms with van der Waals surface area (Å²) in [5.41, 5.74) is 1.07. The second kappa shape index (κ2) is 8.64. The van der Waals surface area contributed by atoms with Crippen molar-refractivity contribution in [1.82, 2.24) is 4.31 Å². The number of hydrogen-bond donors (Lipinski definition) is 1. The number of hydrogen-bond acceptors (Lipinski definition) is 5. The summed E-state index contributed by atoms with van der Waals surface area (Å²) in [5.74, 6) is -0.267. The molecule has 1 aliphatic heterocycles. The SMILES string of the molecule is COc1ccc(C(=O)Nc2cccc(C#N)c2)cc1S(=O)(=O)N1CCCC[C@H]1C. The molecule has 1 heterocycles. The Bertz CT molecular complexity index is 1060. The maximum absolute atomic E-state index is 13.3. The van der Waals surface area contributed by atoms with Crippen molar-refractivity contribution in [2.75, 3.05) is 19.0 Å². The number of anilines is 1. The van der Waals surface area contributed by atoms with E-state index in [-0.39, 0.29) is 22.3 Å². The van der Waals surface area contributed by atoms with E-state index >= 15 is 0 Å². The third-order valence-electron chi connectivity index (χ3n) is 5.00. The van der Waals surface area contributed by atoms with Crippen molar-refractivity contribution in [2.24, 2.45) is 0 Å². The monoisotopic (exact) mass is 413 g/mol. The van der Waals surface area contributed by atoms with Crippen molar-refractivity contribution in [3.8, 4) is 11.8 Å². The molecule has 0 unspecified atom stereocenters. The molecule has 1 saturated heterocycles. The van der Waals surface area contributed by atoms with E-state index in [0.717, 1.165) is 19.3 Å². The molecule has 0 aliphatic carbocycles. The molecule has 0 spiro atoms. The smallest absolute Gasteiger partial charge is 0.255 e. The lowest BCUT2D eigenvalue weighted by atomic mass is 10.1. The van der Waals surface area contributed by atoms with Crippen LogP contribution in [0.15, 0.2) is 47.4 Å². The number of benzene rings is 2. The summed E-state index contributed by atoms with van der Waals surface area (Å²) in [5, 5.41) is 11.7. The van der Waals surface area contributed by atoms with E-state index in [1.165, 1.54) is 29.6 Å². The van der Waals surface area contributed by atoms with E-state index in [2.05, 4.69) is 5.32 Å². The number of nitriles is 1. The molecule has 3 rings (SSSR count). The molecular weight excluding hydrogens is 390 g/mol. The molecule has 1 aliphatic rings. The number of carbonyl (C=O) groups excluding carboxylic acids is 1. The zero-order valence-corrected chi connectivity index (χ0v) is 17.2. The Labute approximate surface area is 171 Å². The van der Waals surface area contributed by atoms with Gasteiger partial charge in [0.05, 0.1) is 18.7 Å². The number of nitrogens with zero attached hydrogens (tertiary/aromatic N) is 2. The number of rotatable bonds is 5. The highest BCUT2D eigenvalue weighted by Gasteiger charge is 2.33. The van der Waals surface area contributed by atoms with Crippen LogP contribution >= 0.6 is 0 Å². The van der Waals surface area contributed by atoms with Crippen LogP contribution in [0.3, 0.4) is 0 Å². The van der Waals surface area contributed by atoms with Crippen LogP contribution in [0, 0.1) is 11.3 Å². The molecule has 29 heavy (non-hydrogen) atoms. The highest BCUT2D eigenvalue weighted by molar-refractivity contribution is 7.89. The second-order valence-corrected chi connectivity index (χ2v) is 8.83. The lowest BCUT2D eigenvalue weighted by Gasteiger charge is -2.32. The van der Waals surface area contributed by atoms with Crippen molar-refractivity contribution in [1.29, 1.82) is 5.26 Å². The fourth-order valence-corrected chi connectivity index (χ4v) is 5.33. The third-order valence-corrected chi connectivity index (χ3v) is 7.04. The first kappa shape index (κ1) is 20.8. The molecule has 8 heteroatoms. The molecule has 2 aromatic carbocycles. The number of ether oxygens (including phenoxy) is 1. The molecule has 0 bridgehead atoms. The normalized spacial score (nSPS) is 17.3. The van der Waals surface area contributed by atoms with Crippen LogP contribution in [0.4, 0.5) is 5.69 Å². The summed E-state index contributed by atoms with van der Waals surface area (Å²) in [6, 6.07) is 12.8. The van der Waals surface area contributed by atoms with Gasteiger partial charge in [0, 0.05) is 23.8 Å². The summed E-state index contributed by atoms with van der Waals surface area (Å²) in [6.45, 7) is 2.34. The molecule has 1 amide bonds. The Morgan fingerprint density at radius 2 is 2.03 bits per heavy atom. The van der Waals surface area contributed by atoms with E-state index in [4.69, 9.17) is 10.00 Å². The number of sulfonamides is 1. The Balaban J connectivity index is 1.94. The lowest BCUT2D eigenvalue weighted by molar-refractivity contribution is 0.102. The van der Waals surface area contributed by atoms with E-state index in [1.54, 1.807) is 24.3 Å². The van der Waals surface area contributed by atoms with Crippen molar-refractivity contribution in [2.45, 2.75) is 37.1 Å². The zero-order valence-electron chi connectivity index (χ0n) is 16.4.